The number of thiophene rings is 1. The average molecular weight is 405 g/mol. The zero-order valence-electron chi connectivity index (χ0n) is 17.2. The molecule has 1 N–H and O–H groups in total. The number of fused-ring (bicyclic) bond motifs is 1. The Balaban J connectivity index is 1.48. The number of anilines is 1. The van der Waals surface area contributed by atoms with Crippen LogP contribution in [0.3, 0.4) is 0 Å². The van der Waals surface area contributed by atoms with E-state index in [1.165, 1.54) is 41.2 Å². The first-order valence-corrected chi connectivity index (χ1v) is 9.63. The van der Waals surface area contributed by atoms with E-state index >= 15 is 0 Å². The Morgan fingerprint density at radius 2 is 2.30 bits per heavy atom. The molecule has 5 nitrogen and oxygen atoms in total. The lowest BCUT2D eigenvalue weighted by molar-refractivity contribution is 0.211. The van der Waals surface area contributed by atoms with Crippen molar-refractivity contribution < 1.29 is 8.54 Å². The molecule has 0 spiro atoms. The number of nitrogens with zero attached hydrogens (tertiary/aromatic N) is 4. The fourth-order valence-corrected chi connectivity index (χ4v) is 4.07. The van der Waals surface area contributed by atoms with Crippen molar-refractivity contribution in [1.29, 1.82) is 5.26 Å². The molecule has 0 radical (unpaired) electrons. The highest BCUT2D eigenvalue weighted by molar-refractivity contribution is 7.22. The van der Waals surface area contributed by atoms with Crippen LogP contribution in [-0.2, 0) is 6.52 Å². The van der Waals surface area contributed by atoms with Crippen LogP contribution in [0, 0.1) is 17.1 Å². The van der Waals surface area contributed by atoms with E-state index in [9.17, 15) is 4.39 Å². The molecule has 1 saturated heterocycles. The van der Waals surface area contributed by atoms with Gasteiger partial charge in [-0.25, -0.2) is 14.4 Å². The highest BCUT2D eigenvalue weighted by Crippen LogP contribution is 2.32. The van der Waals surface area contributed by atoms with Crippen LogP contribution in [0.25, 0.3) is 10.2 Å². The number of nitrogens with one attached hydrogen (secondary N) is 1. The SMILES string of the molecule is [2H]c1c(Cl)sc2ncnc(N([2H])C3CCN(C([2H])c4ccc(F)c(C#N)c4)CC3)c12. The second kappa shape index (κ2) is 7.77. The van der Waals surface area contributed by atoms with Crippen molar-refractivity contribution in [2.45, 2.75) is 25.4 Å². The Bertz CT molecular complexity index is 1130. The molecule has 1 fully saturated rings. The van der Waals surface area contributed by atoms with Crippen LogP contribution in [0.1, 0.15) is 26.7 Å². The molecule has 1 unspecified atom stereocenters. The lowest BCUT2D eigenvalue weighted by Crippen LogP contribution is -2.38. The van der Waals surface area contributed by atoms with Gasteiger partial charge in [-0.15, -0.1) is 11.3 Å². The first-order valence-electron chi connectivity index (χ1n) is 9.96. The second-order valence-electron chi connectivity index (χ2n) is 6.25. The lowest BCUT2D eigenvalue weighted by Gasteiger charge is -2.32. The molecular formula is C19H17ClFN5S. The number of piperidine rings is 1. The third-order valence-corrected chi connectivity index (χ3v) is 5.56. The molecule has 27 heavy (non-hydrogen) atoms. The van der Waals surface area contributed by atoms with Crippen LogP contribution in [0.15, 0.2) is 30.6 Å². The molecule has 1 atom stereocenters. The van der Waals surface area contributed by atoms with Gasteiger partial charge in [-0.3, -0.25) is 4.90 Å². The van der Waals surface area contributed by atoms with Gasteiger partial charge in [-0.1, -0.05) is 17.7 Å². The summed E-state index contributed by atoms with van der Waals surface area (Å²) >= 11 is 7.27. The summed E-state index contributed by atoms with van der Waals surface area (Å²) in [5, 5.41) is 10.8. The summed E-state index contributed by atoms with van der Waals surface area (Å²) in [5.74, 6) is -0.221. The highest BCUT2D eigenvalue weighted by Gasteiger charge is 2.21. The summed E-state index contributed by atoms with van der Waals surface area (Å²) in [5.41, 5.74) is 0.503. The maximum Gasteiger partial charge on any atom is 0.162 e. The molecule has 0 bridgehead atoms. The van der Waals surface area contributed by atoms with Gasteiger partial charge in [0.15, 0.2) is 1.41 Å². The van der Waals surface area contributed by atoms with E-state index in [4.69, 9.17) is 21.0 Å². The van der Waals surface area contributed by atoms with Crippen molar-refractivity contribution in [2.24, 2.45) is 0 Å². The topological polar surface area (TPSA) is 64.8 Å². The highest BCUT2D eigenvalue weighted by atomic mass is 35.5. The van der Waals surface area contributed by atoms with Crippen LogP contribution in [-0.4, -0.2) is 34.0 Å². The number of nitriles is 1. The van der Waals surface area contributed by atoms with E-state index in [1.807, 2.05) is 11.0 Å². The first-order chi connectivity index (χ1) is 14.4. The number of benzene rings is 1. The van der Waals surface area contributed by atoms with Gasteiger partial charge >= 0.3 is 0 Å². The largest absolute Gasteiger partial charge is 0.367 e. The summed E-state index contributed by atoms with van der Waals surface area (Å²) in [4.78, 5) is 10.9. The summed E-state index contributed by atoms with van der Waals surface area (Å²) < 4.78 is 39.1. The van der Waals surface area contributed by atoms with Gasteiger partial charge in [0.05, 0.1) is 16.7 Å². The molecule has 3 heterocycles. The molecule has 3 aromatic rings. The maximum atomic E-state index is 13.6. The Labute approximate surface area is 169 Å². The first kappa shape index (κ1) is 14.7. The van der Waals surface area contributed by atoms with Crippen molar-refractivity contribution in [3.05, 3.63) is 51.8 Å². The van der Waals surface area contributed by atoms with E-state index in [1.54, 1.807) is 0 Å². The van der Waals surface area contributed by atoms with Gasteiger partial charge in [0.2, 0.25) is 0 Å². The quantitative estimate of drug-likeness (QED) is 0.696. The Hall–Kier alpha value is -2.27. The summed E-state index contributed by atoms with van der Waals surface area (Å²) in [6.07, 6.45) is 2.63. The normalized spacial score (nSPS) is 18.5. The minimum atomic E-state index is -0.709. The van der Waals surface area contributed by atoms with E-state index in [0.717, 1.165) is 0 Å². The fraction of sp³-hybridized carbons (Fsp3) is 0.316. The number of hydrogen-bond donors (Lipinski definition) is 1. The third kappa shape index (κ3) is 4.03. The van der Waals surface area contributed by atoms with Crippen molar-refractivity contribution in [3.63, 3.8) is 0 Å². The van der Waals surface area contributed by atoms with Crippen LogP contribution < -0.4 is 5.31 Å². The minimum Gasteiger partial charge on any atom is -0.367 e. The molecule has 8 heteroatoms. The number of hydrogen-bond acceptors (Lipinski definition) is 6. The summed E-state index contributed by atoms with van der Waals surface area (Å²) in [7, 11) is 0. The molecule has 1 aromatic carbocycles. The van der Waals surface area contributed by atoms with Crippen molar-refractivity contribution in [3.8, 4) is 6.07 Å². The molecule has 0 amide bonds. The molecule has 138 valence electrons. The smallest absolute Gasteiger partial charge is 0.162 e. The molecule has 2 aromatic heterocycles. The predicted octanol–water partition coefficient (Wildman–Crippen LogP) is 4.43. The van der Waals surface area contributed by atoms with Crippen molar-refractivity contribution in [1.82, 2.24) is 14.9 Å². The van der Waals surface area contributed by atoms with Crippen LogP contribution in [0.4, 0.5) is 10.2 Å². The molecule has 0 aliphatic carbocycles. The van der Waals surface area contributed by atoms with Gasteiger partial charge < -0.3 is 5.31 Å². The number of halogens is 2. The summed E-state index contributed by atoms with van der Waals surface area (Å²) in [6.45, 7) is 0.429. The second-order valence-corrected chi connectivity index (χ2v) is 7.86. The number of rotatable bonds is 4. The van der Waals surface area contributed by atoms with Gasteiger partial charge in [-0.05, 0) is 36.6 Å². The molecular weight excluding hydrogens is 385 g/mol. The molecule has 1 aliphatic rings. The van der Waals surface area contributed by atoms with Gasteiger partial charge in [-0.2, -0.15) is 5.26 Å². The van der Waals surface area contributed by atoms with Crippen molar-refractivity contribution >= 4 is 39.0 Å². The fourth-order valence-electron chi connectivity index (χ4n) is 3.09. The Morgan fingerprint density at radius 1 is 1.48 bits per heavy atom. The predicted molar refractivity (Wildman–Crippen MR) is 105 cm³/mol. The van der Waals surface area contributed by atoms with Crippen LogP contribution in [0.2, 0.25) is 5.75 Å². The average Bonchev–Trinajstić information content (AvgIpc) is 3.07. The zero-order valence-corrected chi connectivity index (χ0v) is 15.8. The number of aromatic nitrogens is 2. The number of likely N-dealkylation sites (tertiary alicyclic amines) is 1. The Morgan fingerprint density at radius 3 is 3.07 bits per heavy atom. The minimum absolute atomic E-state index is 0.0645. The van der Waals surface area contributed by atoms with Gasteiger partial charge in [0.25, 0.3) is 0 Å². The lowest BCUT2D eigenvalue weighted by atomic mass is 10.0. The van der Waals surface area contributed by atoms with E-state index < -0.39 is 12.3 Å². The molecule has 1 aliphatic heterocycles. The molecule has 4 rings (SSSR count). The molecule has 0 saturated carbocycles. The Kier molecular flexibility index (Phi) is 4.24. The monoisotopic (exact) mass is 404 g/mol. The van der Waals surface area contributed by atoms with Crippen LogP contribution in [0.5, 0.6) is 0 Å². The van der Waals surface area contributed by atoms with E-state index in [2.05, 4.69) is 9.97 Å². The van der Waals surface area contributed by atoms with E-state index in [-0.39, 0.29) is 17.6 Å². The summed E-state index contributed by atoms with van der Waals surface area (Å²) in [6, 6.07) is 5.99. The van der Waals surface area contributed by atoms with Gasteiger partial charge in [0.1, 0.15) is 28.9 Å². The van der Waals surface area contributed by atoms with Gasteiger partial charge in [0, 0.05) is 27.0 Å². The standard InChI is InChI=1S/C19H17ClFN5S/c20-17-8-15-18(23-11-24-19(15)27-17)25-14-3-5-26(6-4-14)10-12-1-2-16(21)13(7-12)9-22/h1-2,7-8,11,14H,3-6,10H2,(H,23,24,25)/i8D,10D/hD. The maximum absolute atomic E-state index is 13.6. The van der Waals surface area contributed by atoms with Crippen molar-refractivity contribution in [2.75, 3.05) is 18.4 Å². The zero-order chi connectivity index (χ0) is 21.4. The van der Waals surface area contributed by atoms with Crippen LogP contribution >= 0.6 is 22.9 Å². The third-order valence-electron chi connectivity index (χ3n) is 4.45. The van der Waals surface area contributed by atoms with E-state index in [0.29, 0.717) is 51.9 Å².